The lowest BCUT2D eigenvalue weighted by molar-refractivity contribution is -0.137. The summed E-state index contributed by atoms with van der Waals surface area (Å²) in [5.74, 6) is -0.463. The van der Waals surface area contributed by atoms with Crippen molar-refractivity contribution >= 4 is 35.3 Å². The Morgan fingerprint density at radius 1 is 0.959 bits per heavy atom. The molecule has 1 atom stereocenters. The Kier molecular flexibility index (Phi) is 10.6. The van der Waals surface area contributed by atoms with Gasteiger partial charge < -0.3 is 10.4 Å². The van der Waals surface area contributed by atoms with Gasteiger partial charge in [-0.1, -0.05) is 66.2 Å². The zero-order valence-corrected chi connectivity index (χ0v) is 28.4. The van der Waals surface area contributed by atoms with Gasteiger partial charge in [-0.15, -0.1) is 0 Å². The van der Waals surface area contributed by atoms with Crippen LogP contribution in [-0.2, 0) is 19.3 Å². The molecule has 2 aliphatic rings. The smallest absolute Gasteiger partial charge is 0.392 e. The molecule has 3 aromatic carbocycles. The number of β-amino-alcohol motifs (C(OH)–C–C–N with tert-alkyl or cyclic N) is 1. The van der Waals surface area contributed by atoms with Crippen molar-refractivity contribution in [2.45, 2.75) is 58.5 Å². The topological polar surface area (TPSA) is 68.7 Å². The molecule has 2 saturated heterocycles. The maximum Gasteiger partial charge on any atom is 0.417 e. The molecule has 2 aliphatic heterocycles. The van der Waals surface area contributed by atoms with Crippen LogP contribution in [0.1, 0.15) is 68.7 Å². The molecule has 0 aliphatic carbocycles. The predicted octanol–water partition coefficient (Wildman–Crippen LogP) is 8.62. The number of rotatable bonds is 9. The van der Waals surface area contributed by atoms with Gasteiger partial charge >= 0.3 is 6.18 Å². The molecule has 10 heteroatoms. The highest BCUT2D eigenvalue weighted by Crippen LogP contribution is 2.42. The number of alkyl halides is 3. The van der Waals surface area contributed by atoms with E-state index in [0.29, 0.717) is 40.5 Å². The molecule has 2 fully saturated rings. The van der Waals surface area contributed by atoms with Gasteiger partial charge in [0.1, 0.15) is 5.69 Å². The summed E-state index contributed by atoms with van der Waals surface area (Å²) in [6, 6.07) is 16.7. The van der Waals surface area contributed by atoms with Gasteiger partial charge in [-0.2, -0.15) is 13.2 Å². The summed E-state index contributed by atoms with van der Waals surface area (Å²) in [7, 11) is 0. The van der Waals surface area contributed by atoms with Crippen molar-refractivity contribution < 1.29 is 23.1 Å². The van der Waals surface area contributed by atoms with Crippen LogP contribution in [0.15, 0.2) is 66.9 Å². The van der Waals surface area contributed by atoms with Crippen LogP contribution < -0.4 is 5.32 Å². The lowest BCUT2D eigenvalue weighted by atomic mass is 9.91. The van der Waals surface area contributed by atoms with Gasteiger partial charge in [-0.05, 0) is 109 Å². The van der Waals surface area contributed by atoms with E-state index in [1.54, 1.807) is 49.5 Å². The number of aryl methyl sites for hydroxylation is 1. The third kappa shape index (κ3) is 8.24. The second-order valence-corrected chi connectivity index (χ2v) is 13.5. The fraction of sp³-hybridized carbons (Fsp3) is 0.333. The highest BCUT2D eigenvalue weighted by Gasteiger charge is 2.36. The number of aromatic nitrogens is 1. The number of anilines is 1. The number of hydrogen-bond donors (Lipinski definition) is 2. The first-order valence-electron chi connectivity index (χ1n) is 16.6. The zero-order chi connectivity index (χ0) is 34.7. The molecule has 0 bridgehead atoms. The van der Waals surface area contributed by atoms with Crippen LogP contribution >= 0.6 is 11.6 Å². The number of carbonyl (C=O) groups excluding carboxylic acids is 1. The van der Waals surface area contributed by atoms with E-state index in [0.717, 1.165) is 49.3 Å². The molecule has 2 N–H and O–H groups in total. The SMILES string of the molecule is Cc1cc(/C=C/c2cccc(-c3cccc(NC(=O)c4ccc(CN5CC[C@@H](O)C5)cn4)c3C)c2C(F)(F)F)c(Cl)cc1CN1CCCC1. The monoisotopic (exact) mass is 688 g/mol. The van der Waals surface area contributed by atoms with Crippen molar-refractivity contribution in [2.24, 2.45) is 0 Å². The van der Waals surface area contributed by atoms with Crippen molar-refractivity contribution in [3.8, 4) is 11.1 Å². The van der Waals surface area contributed by atoms with Crippen molar-refractivity contribution in [1.82, 2.24) is 14.8 Å². The van der Waals surface area contributed by atoms with Gasteiger partial charge in [-0.25, -0.2) is 0 Å². The molecule has 256 valence electrons. The molecule has 49 heavy (non-hydrogen) atoms. The summed E-state index contributed by atoms with van der Waals surface area (Å²) >= 11 is 6.64. The first-order valence-corrected chi connectivity index (χ1v) is 17.0. The van der Waals surface area contributed by atoms with Gasteiger partial charge in [0.05, 0.1) is 11.7 Å². The van der Waals surface area contributed by atoms with Crippen LogP contribution in [0.4, 0.5) is 18.9 Å². The van der Waals surface area contributed by atoms with E-state index >= 15 is 0 Å². The fourth-order valence-electron chi connectivity index (χ4n) is 6.77. The number of carbonyl (C=O) groups is 1. The van der Waals surface area contributed by atoms with Crippen LogP contribution in [0.25, 0.3) is 23.3 Å². The molecule has 1 amide bonds. The maximum atomic E-state index is 14.8. The van der Waals surface area contributed by atoms with E-state index in [4.69, 9.17) is 11.6 Å². The number of hydrogen-bond acceptors (Lipinski definition) is 5. The Balaban J connectivity index is 1.24. The molecule has 1 aromatic heterocycles. The van der Waals surface area contributed by atoms with Gasteiger partial charge in [0.15, 0.2) is 0 Å². The van der Waals surface area contributed by atoms with Crippen LogP contribution in [0.2, 0.25) is 5.02 Å². The van der Waals surface area contributed by atoms with E-state index in [1.165, 1.54) is 31.1 Å². The van der Waals surface area contributed by atoms with Crippen molar-refractivity contribution in [3.63, 3.8) is 0 Å². The first-order chi connectivity index (χ1) is 23.5. The molecule has 0 unspecified atom stereocenters. The second-order valence-electron chi connectivity index (χ2n) is 13.0. The summed E-state index contributed by atoms with van der Waals surface area (Å²) in [5.41, 5.74) is 4.45. The van der Waals surface area contributed by atoms with Crippen LogP contribution in [-0.4, -0.2) is 58.1 Å². The summed E-state index contributed by atoms with van der Waals surface area (Å²) < 4.78 is 44.4. The van der Waals surface area contributed by atoms with Gasteiger partial charge in [0.25, 0.3) is 5.91 Å². The zero-order valence-electron chi connectivity index (χ0n) is 27.7. The third-order valence-electron chi connectivity index (χ3n) is 9.45. The predicted molar refractivity (Wildman–Crippen MR) is 189 cm³/mol. The summed E-state index contributed by atoms with van der Waals surface area (Å²) in [5, 5.41) is 13.1. The first kappa shape index (κ1) is 34.8. The fourth-order valence-corrected chi connectivity index (χ4v) is 7.02. The number of benzene rings is 3. The average Bonchev–Trinajstić information content (AvgIpc) is 3.74. The Labute approximate surface area is 290 Å². The number of likely N-dealkylation sites (tertiary alicyclic amines) is 2. The van der Waals surface area contributed by atoms with Gasteiger partial charge in [0, 0.05) is 43.1 Å². The molecule has 4 aromatic rings. The number of halogens is 4. The number of nitrogens with one attached hydrogen (secondary N) is 1. The van der Waals surface area contributed by atoms with Crippen molar-refractivity contribution in [3.05, 3.63) is 117 Å². The molecule has 0 saturated carbocycles. The molecular formula is C39H40ClF3N4O2. The Morgan fingerprint density at radius 2 is 1.69 bits per heavy atom. The quantitative estimate of drug-likeness (QED) is 0.172. The summed E-state index contributed by atoms with van der Waals surface area (Å²) in [6.45, 7) is 8.65. The van der Waals surface area contributed by atoms with E-state index in [-0.39, 0.29) is 22.9 Å². The largest absolute Gasteiger partial charge is 0.417 e. The standard InChI is InChI=1S/C39H40ClF3N4O2/c1-25-19-29(34(40)20-30(25)23-46-16-3-4-17-46)13-12-28-7-5-9-33(37(28)39(41,42)43)32-8-6-10-35(26(32)2)45-38(49)36-14-11-27(21-44-36)22-47-18-15-31(48)24-47/h5-14,19-21,31,48H,3-4,15-18,22-24H2,1-2H3,(H,45,49)/b13-12+/t31-/m1/s1. The van der Waals surface area contributed by atoms with E-state index in [1.807, 2.05) is 25.1 Å². The molecule has 6 nitrogen and oxygen atoms in total. The average molecular weight is 689 g/mol. The molecule has 0 spiro atoms. The van der Waals surface area contributed by atoms with Crippen LogP contribution in [0, 0.1) is 13.8 Å². The minimum Gasteiger partial charge on any atom is -0.392 e. The summed E-state index contributed by atoms with van der Waals surface area (Å²) in [4.78, 5) is 22.0. The third-order valence-corrected chi connectivity index (χ3v) is 9.78. The number of aliphatic hydroxyl groups is 1. The van der Waals surface area contributed by atoms with E-state index in [9.17, 15) is 23.1 Å². The number of pyridine rings is 1. The molecular weight excluding hydrogens is 649 g/mol. The van der Waals surface area contributed by atoms with Crippen molar-refractivity contribution in [1.29, 1.82) is 0 Å². The highest BCUT2D eigenvalue weighted by atomic mass is 35.5. The second kappa shape index (κ2) is 14.8. The van der Waals surface area contributed by atoms with Gasteiger partial charge in [0.2, 0.25) is 0 Å². The lowest BCUT2D eigenvalue weighted by Crippen LogP contribution is -2.21. The van der Waals surface area contributed by atoms with E-state index in [2.05, 4.69) is 20.1 Å². The minimum atomic E-state index is -4.65. The molecule has 3 heterocycles. The molecule has 0 radical (unpaired) electrons. The minimum absolute atomic E-state index is 0.0148. The lowest BCUT2D eigenvalue weighted by Gasteiger charge is -2.19. The Morgan fingerprint density at radius 3 is 2.39 bits per heavy atom. The Hall–Kier alpha value is -4.02. The van der Waals surface area contributed by atoms with Crippen molar-refractivity contribution in [2.75, 3.05) is 31.5 Å². The Bertz CT molecular complexity index is 1850. The number of nitrogens with zero attached hydrogens (tertiary/aromatic N) is 3. The normalized spacial score (nSPS) is 17.3. The molecule has 6 rings (SSSR count). The van der Waals surface area contributed by atoms with Crippen LogP contribution in [0.5, 0.6) is 0 Å². The number of aliphatic hydroxyl groups excluding tert-OH is 1. The maximum absolute atomic E-state index is 14.8. The van der Waals surface area contributed by atoms with E-state index < -0.39 is 17.6 Å². The number of amides is 1. The summed E-state index contributed by atoms with van der Waals surface area (Å²) in [6.07, 6.45) is 2.88. The highest BCUT2D eigenvalue weighted by molar-refractivity contribution is 6.32. The van der Waals surface area contributed by atoms with Crippen LogP contribution in [0.3, 0.4) is 0 Å². The van der Waals surface area contributed by atoms with Gasteiger partial charge in [-0.3, -0.25) is 19.6 Å².